The Labute approximate surface area is 160 Å². The number of nitrogens with zero attached hydrogens (tertiary/aromatic N) is 1. The van der Waals surface area contributed by atoms with Crippen molar-refractivity contribution in [3.8, 4) is 5.75 Å². The Hall–Kier alpha value is -3.46. The number of carbonyl (C=O) groups is 1. The molecule has 0 spiro atoms. The van der Waals surface area contributed by atoms with Crippen LogP contribution in [0.2, 0.25) is 0 Å². The van der Waals surface area contributed by atoms with E-state index in [4.69, 9.17) is 12.2 Å². The molecular formula is C18H16N4O4S. The molecule has 4 N–H and O–H groups in total. The van der Waals surface area contributed by atoms with Crippen molar-refractivity contribution in [1.82, 2.24) is 10.6 Å². The van der Waals surface area contributed by atoms with Gasteiger partial charge in [0.2, 0.25) is 0 Å². The lowest BCUT2D eigenvalue weighted by Crippen LogP contribution is -2.45. The van der Waals surface area contributed by atoms with E-state index in [0.717, 1.165) is 0 Å². The molecule has 1 aliphatic heterocycles. The van der Waals surface area contributed by atoms with Crippen molar-refractivity contribution in [1.29, 1.82) is 0 Å². The summed E-state index contributed by atoms with van der Waals surface area (Å²) in [7, 11) is 0. The Balaban J connectivity index is 2.03. The van der Waals surface area contributed by atoms with Gasteiger partial charge in [0.25, 0.3) is 11.6 Å². The number of nitro benzene ring substituents is 1. The predicted octanol–water partition coefficient (Wildman–Crippen LogP) is 2.73. The van der Waals surface area contributed by atoms with Crippen molar-refractivity contribution >= 4 is 34.6 Å². The molecule has 0 aliphatic carbocycles. The molecule has 8 nitrogen and oxygen atoms in total. The number of phenols is 1. The average Bonchev–Trinajstić information content (AvgIpc) is 2.62. The quantitative estimate of drug-likeness (QED) is 0.364. The summed E-state index contributed by atoms with van der Waals surface area (Å²) in [6.45, 7) is 1.68. The third kappa shape index (κ3) is 3.87. The summed E-state index contributed by atoms with van der Waals surface area (Å²) in [4.78, 5) is 23.4. The fourth-order valence-corrected chi connectivity index (χ4v) is 3.11. The van der Waals surface area contributed by atoms with Gasteiger partial charge in [-0.2, -0.15) is 0 Å². The lowest BCUT2D eigenvalue weighted by atomic mass is 9.93. The second-order valence-corrected chi connectivity index (χ2v) is 6.30. The predicted molar refractivity (Wildman–Crippen MR) is 104 cm³/mol. The van der Waals surface area contributed by atoms with Crippen LogP contribution in [0, 0.1) is 10.1 Å². The van der Waals surface area contributed by atoms with Gasteiger partial charge in [-0.25, -0.2) is 0 Å². The summed E-state index contributed by atoms with van der Waals surface area (Å²) in [6.07, 6.45) is 0. The Kier molecular flexibility index (Phi) is 5.04. The number of rotatable bonds is 4. The molecular weight excluding hydrogens is 368 g/mol. The van der Waals surface area contributed by atoms with Gasteiger partial charge in [-0.05, 0) is 37.3 Å². The summed E-state index contributed by atoms with van der Waals surface area (Å²) in [5.74, 6) is -0.599. The van der Waals surface area contributed by atoms with Gasteiger partial charge in [0.05, 0.1) is 16.5 Å². The van der Waals surface area contributed by atoms with E-state index in [2.05, 4.69) is 16.0 Å². The zero-order valence-corrected chi connectivity index (χ0v) is 15.0. The standard InChI is InChI=1S/C18H16N4O4S/c1-10-15(17(24)20-11-5-3-2-4-6-11)16(21-18(27)19-10)13-9-12(22(25)26)7-8-14(13)23/h2-9,16,23H,1H3,(H,20,24)(H2,19,21,27)/t16-/m0/s1. The first-order valence-corrected chi connectivity index (χ1v) is 8.39. The maximum absolute atomic E-state index is 12.9. The van der Waals surface area contributed by atoms with Gasteiger partial charge < -0.3 is 21.1 Å². The number of thiocarbonyl (C=S) groups is 1. The van der Waals surface area contributed by atoms with Crippen LogP contribution in [0.1, 0.15) is 18.5 Å². The molecule has 1 amide bonds. The molecule has 3 rings (SSSR count). The minimum absolute atomic E-state index is 0.180. The lowest BCUT2D eigenvalue weighted by Gasteiger charge is -2.30. The van der Waals surface area contributed by atoms with Crippen LogP contribution in [0.15, 0.2) is 59.8 Å². The number of benzene rings is 2. The Bertz CT molecular complexity index is 959. The molecule has 2 aromatic rings. The third-order valence-corrected chi connectivity index (χ3v) is 4.30. The first kappa shape index (κ1) is 18.3. The van der Waals surface area contributed by atoms with Gasteiger partial charge >= 0.3 is 0 Å². The highest BCUT2D eigenvalue weighted by Crippen LogP contribution is 2.35. The molecule has 0 bridgehead atoms. The fraction of sp³-hybridized carbons (Fsp3) is 0.111. The minimum Gasteiger partial charge on any atom is -0.508 e. The maximum atomic E-state index is 12.9. The highest BCUT2D eigenvalue weighted by molar-refractivity contribution is 7.80. The monoisotopic (exact) mass is 384 g/mol. The largest absolute Gasteiger partial charge is 0.508 e. The maximum Gasteiger partial charge on any atom is 0.270 e. The van der Waals surface area contributed by atoms with Crippen molar-refractivity contribution in [2.45, 2.75) is 13.0 Å². The van der Waals surface area contributed by atoms with Gasteiger partial charge in [-0.3, -0.25) is 14.9 Å². The summed E-state index contributed by atoms with van der Waals surface area (Å²) >= 11 is 5.15. The van der Waals surface area contributed by atoms with Crippen LogP contribution >= 0.6 is 12.2 Å². The normalized spacial score (nSPS) is 16.3. The van der Waals surface area contributed by atoms with Gasteiger partial charge in [-0.1, -0.05) is 18.2 Å². The van der Waals surface area contributed by atoms with Gasteiger partial charge in [0.1, 0.15) is 5.75 Å². The van der Waals surface area contributed by atoms with E-state index < -0.39 is 16.9 Å². The van der Waals surface area contributed by atoms with Crippen LogP contribution in [0.3, 0.4) is 0 Å². The number of non-ortho nitro benzene ring substituents is 1. The van der Waals surface area contributed by atoms with E-state index in [0.29, 0.717) is 11.4 Å². The summed E-state index contributed by atoms with van der Waals surface area (Å²) in [6, 6.07) is 11.7. The first-order chi connectivity index (χ1) is 12.9. The Morgan fingerprint density at radius 2 is 1.96 bits per heavy atom. The van der Waals surface area contributed by atoms with Crippen LogP contribution < -0.4 is 16.0 Å². The lowest BCUT2D eigenvalue weighted by molar-refractivity contribution is -0.385. The summed E-state index contributed by atoms with van der Waals surface area (Å²) in [5, 5.41) is 30.2. The second kappa shape index (κ2) is 7.42. The highest BCUT2D eigenvalue weighted by Gasteiger charge is 2.32. The van der Waals surface area contributed by atoms with Crippen LogP contribution in [-0.4, -0.2) is 21.0 Å². The molecule has 0 aromatic heterocycles. The molecule has 9 heteroatoms. The van der Waals surface area contributed by atoms with E-state index >= 15 is 0 Å². The SMILES string of the molecule is CC1=C(C(=O)Nc2ccccc2)[C@H](c2cc([N+](=O)[O-])ccc2O)NC(=S)N1. The van der Waals surface area contributed by atoms with E-state index in [1.54, 1.807) is 31.2 Å². The molecule has 138 valence electrons. The van der Waals surface area contributed by atoms with Crippen molar-refractivity contribution in [3.63, 3.8) is 0 Å². The number of aromatic hydroxyl groups is 1. The van der Waals surface area contributed by atoms with E-state index in [1.807, 2.05) is 6.07 Å². The number of hydrogen-bond acceptors (Lipinski definition) is 5. The average molecular weight is 384 g/mol. The Morgan fingerprint density at radius 3 is 2.63 bits per heavy atom. The van der Waals surface area contributed by atoms with Crippen molar-refractivity contribution < 1.29 is 14.8 Å². The van der Waals surface area contributed by atoms with E-state index in [-0.39, 0.29) is 27.7 Å². The number of hydrogen-bond donors (Lipinski definition) is 4. The van der Waals surface area contributed by atoms with E-state index in [1.165, 1.54) is 18.2 Å². The molecule has 27 heavy (non-hydrogen) atoms. The molecule has 0 fully saturated rings. The summed E-state index contributed by atoms with van der Waals surface area (Å²) in [5.41, 5.74) is 1.34. The van der Waals surface area contributed by atoms with Crippen molar-refractivity contribution in [2.24, 2.45) is 0 Å². The number of allylic oxidation sites excluding steroid dienone is 1. The van der Waals surface area contributed by atoms with Crippen molar-refractivity contribution in [2.75, 3.05) is 5.32 Å². The third-order valence-electron chi connectivity index (χ3n) is 4.08. The van der Waals surface area contributed by atoms with Gasteiger partial charge in [0, 0.05) is 29.1 Å². The molecule has 0 unspecified atom stereocenters. The van der Waals surface area contributed by atoms with Crippen LogP contribution in [0.25, 0.3) is 0 Å². The Morgan fingerprint density at radius 1 is 1.26 bits per heavy atom. The number of phenolic OH excluding ortho intramolecular Hbond substituents is 1. The first-order valence-electron chi connectivity index (χ1n) is 7.99. The fourth-order valence-electron chi connectivity index (χ4n) is 2.83. The van der Waals surface area contributed by atoms with Crippen LogP contribution in [-0.2, 0) is 4.79 Å². The molecule has 2 aromatic carbocycles. The number of nitro groups is 1. The molecule has 1 heterocycles. The number of nitrogens with one attached hydrogen (secondary N) is 3. The summed E-state index contributed by atoms with van der Waals surface area (Å²) < 4.78 is 0. The smallest absolute Gasteiger partial charge is 0.270 e. The molecule has 0 radical (unpaired) electrons. The van der Waals surface area contributed by atoms with Crippen molar-refractivity contribution in [3.05, 3.63) is 75.5 Å². The number of carbonyl (C=O) groups excluding carboxylic acids is 1. The van der Waals surface area contributed by atoms with E-state index in [9.17, 15) is 20.0 Å². The molecule has 1 atom stereocenters. The topological polar surface area (TPSA) is 117 Å². The van der Waals surface area contributed by atoms with Gasteiger partial charge in [-0.15, -0.1) is 0 Å². The zero-order valence-electron chi connectivity index (χ0n) is 14.2. The highest BCUT2D eigenvalue weighted by atomic mass is 32.1. The molecule has 0 saturated heterocycles. The second-order valence-electron chi connectivity index (χ2n) is 5.89. The van der Waals surface area contributed by atoms with Gasteiger partial charge in [0.15, 0.2) is 5.11 Å². The molecule has 0 saturated carbocycles. The zero-order chi connectivity index (χ0) is 19.6. The number of para-hydroxylation sites is 1. The van der Waals surface area contributed by atoms with Crippen LogP contribution in [0.4, 0.5) is 11.4 Å². The number of amides is 1. The molecule has 1 aliphatic rings. The number of anilines is 1. The van der Waals surface area contributed by atoms with Crippen LogP contribution in [0.5, 0.6) is 5.75 Å². The minimum atomic E-state index is -0.845.